The SMILES string of the molecule is CC(C)C(NC(=O)CCCCNC(=O)OCC1c2ccccc2-c2ccccc21)C(C)(C)C(=O)O. The minimum Gasteiger partial charge on any atom is -0.481 e. The Bertz CT molecular complexity index is 1020. The molecule has 0 saturated carbocycles. The lowest BCUT2D eigenvalue weighted by Gasteiger charge is -2.34. The second-order valence-corrected chi connectivity index (χ2v) is 10.0. The van der Waals surface area contributed by atoms with Gasteiger partial charge in [-0.1, -0.05) is 62.4 Å². The van der Waals surface area contributed by atoms with E-state index in [1.807, 2.05) is 38.1 Å². The average molecular weight is 481 g/mol. The third kappa shape index (κ3) is 6.21. The Morgan fingerprint density at radius 2 is 1.54 bits per heavy atom. The standard InChI is InChI=1S/C28H36N2O5/c1-18(2)25(28(3,4)26(32)33)30-24(31)15-9-10-16-29-27(34)35-17-23-21-13-7-5-11-19(21)20-12-6-8-14-22(20)23/h5-8,11-14,18,23,25H,9-10,15-17H2,1-4H3,(H,29,34)(H,30,31)(H,32,33). The molecule has 0 saturated heterocycles. The lowest BCUT2D eigenvalue weighted by atomic mass is 9.78. The van der Waals surface area contributed by atoms with Crippen LogP contribution in [0, 0.1) is 11.3 Å². The van der Waals surface area contributed by atoms with E-state index < -0.39 is 23.5 Å². The minimum atomic E-state index is -1.06. The van der Waals surface area contributed by atoms with Gasteiger partial charge in [-0.2, -0.15) is 0 Å². The number of carboxylic acid groups (broad SMARTS) is 1. The molecule has 1 unspecified atom stereocenters. The molecule has 2 aromatic carbocycles. The first-order chi connectivity index (χ1) is 16.6. The number of ether oxygens (including phenoxy) is 1. The van der Waals surface area contributed by atoms with Crippen LogP contribution in [0.3, 0.4) is 0 Å². The van der Waals surface area contributed by atoms with E-state index in [9.17, 15) is 19.5 Å². The highest BCUT2D eigenvalue weighted by atomic mass is 16.5. The lowest BCUT2D eigenvalue weighted by molar-refractivity contribution is -0.149. The molecule has 1 aliphatic carbocycles. The van der Waals surface area contributed by atoms with E-state index in [0.29, 0.717) is 19.4 Å². The largest absolute Gasteiger partial charge is 0.481 e. The molecule has 0 aromatic heterocycles. The van der Waals surface area contributed by atoms with Crippen LogP contribution in [0.2, 0.25) is 0 Å². The monoisotopic (exact) mass is 480 g/mol. The molecule has 3 rings (SSSR count). The summed E-state index contributed by atoms with van der Waals surface area (Å²) in [4.78, 5) is 36.2. The van der Waals surface area contributed by atoms with E-state index in [4.69, 9.17) is 4.74 Å². The van der Waals surface area contributed by atoms with Gasteiger partial charge in [0.05, 0.1) is 5.41 Å². The number of unbranched alkanes of at least 4 members (excludes halogenated alkanes) is 1. The van der Waals surface area contributed by atoms with Crippen molar-refractivity contribution in [2.45, 2.75) is 58.9 Å². The fourth-order valence-electron chi connectivity index (χ4n) is 4.81. The zero-order valence-corrected chi connectivity index (χ0v) is 21.0. The number of carboxylic acids is 1. The van der Waals surface area contributed by atoms with E-state index in [2.05, 4.69) is 34.9 Å². The number of fused-ring (bicyclic) bond motifs is 3. The minimum absolute atomic E-state index is 0.0136. The first-order valence-electron chi connectivity index (χ1n) is 12.2. The summed E-state index contributed by atoms with van der Waals surface area (Å²) in [6.45, 7) is 7.70. The number of benzene rings is 2. The molecular formula is C28H36N2O5. The lowest BCUT2D eigenvalue weighted by Crippen LogP contribution is -2.51. The van der Waals surface area contributed by atoms with Crippen molar-refractivity contribution >= 4 is 18.0 Å². The summed E-state index contributed by atoms with van der Waals surface area (Å²) in [7, 11) is 0. The van der Waals surface area contributed by atoms with Gasteiger partial charge in [-0.05, 0) is 54.9 Å². The van der Waals surface area contributed by atoms with Crippen LogP contribution in [0.4, 0.5) is 4.79 Å². The molecule has 0 aliphatic heterocycles. The quantitative estimate of drug-likeness (QED) is 0.395. The first-order valence-corrected chi connectivity index (χ1v) is 12.2. The summed E-state index contributed by atoms with van der Waals surface area (Å²) in [5, 5.41) is 15.1. The number of amides is 2. The van der Waals surface area contributed by atoms with Gasteiger partial charge in [0, 0.05) is 24.9 Å². The van der Waals surface area contributed by atoms with Gasteiger partial charge >= 0.3 is 12.1 Å². The van der Waals surface area contributed by atoms with Gasteiger partial charge in [-0.3, -0.25) is 9.59 Å². The third-order valence-electron chi connectivity index (χ3n) is 6.76. The van der Waals surface area contributed by atoms with Crippen LogP contribution in [-0.4, -0.2) is 42.3 Å². The fourth-order valence-corrected chi connectivity index (χ4v) is 4.81. The summed E-state index contributed by atoms with van der Waals surface area (Å²) in [5.41, 5.74) is 3.63. The molecule has 2 amide bonds. The van der Waals surface area contributed by atoms with Crippen LogP contribution >= 0.6 is 0 Å². The summed E-state index contributed by atoms with van der Waals surface area (Å²) >= 11 is 0. The van der Waals surface area contributed by atoms with Crippen molar-refractivity contribution in [3.8, 4) is 11.1 Å². The molecule has 7 nitrogen and oxygen atoms in total. The predicted octanol–water partition coefficient (Wildman–Crippen LogP) is 4.95. The normalized spacial score (nSPS) is 13.6. The summed E-state index contributed by atoms with van der Waals surface area (Å²) in [6.07, 6.45) is 0.991. The Morgan fingerprint density at radius 1 is 0.971 bits per heavy atom. The smallest absolute Gasteiger partial charge is 0.407 e. The number of hydrogen-bond donors (Lipinski definition) is 3. The van der Waals surface area contributed by atoms with E-state index in [1.165, 1.54) is 22.3 Å². The Hall–Kier alpha value is -3.35. The van der Waals surface area contributed by atoms with Crippen molar-refractivity contribution in [1.29, 1.82) is 0 Å². The summed E-state index contributed by atoms with van der Waals surface area (Å²) < 4.78 is 5.52. The highest BCUT2D eigenvalue weighted by Crippen LogP contribution is 2.44. The second-order valence-electron chi connectivity index (χ2n) is 10.0. The molecule has 1 atom stereocenters. The Morgan fingerprint density at radius 3 is 2.09 bits per heavy atom. The molecule has 1 aliphatic rings. The molecule has 188 valence electrons. The van der Waals surface area contributed by atoms with Crippen LogP contribution in [0.1, 0.15) is 64.0 Å². The van der Waals surface area contributed by atoms with E-state index in [-0.39, 0.29) is 30.8 Å². The summed E-state index contributed by atoms with van der Waals surface area (Å²) in [5.74, 6) is -1.12. The third-order valence-corrected chi connectivity index (χ3v) is 6.76. The Kier molecular flexibility index (Phi) is 8.54. The fraction of sp³-hybridized carbons (Fsp3) is 0.464. The zero-order valence-electron chi connectivity index (χ0n) is 21.0. The van der Waals surface area contributed by atoms with Crippen molar-refractivity contribution in [2.24, 2.45) is 11.3 Å². The molecule has 2 aromatic rings. The molecule has 3 N–H and O–H groups in total. The molecular weight excluding hydrogens is 444 g/mol. The maximum atomic E-state index is 12.4. The predicted molar refractivity (Wildman–Crippen MR) is 135 cm³/mol. The number of nitrogens with one attached hydrogen (secondary N) is 2. The number of carbonyl (C=O) groups excluding carboxylic acids is 2. The van der Waals surface area contributed by atoms with Crippen molar-refractivity contribution in [1.82, 2.24) is 10.6 Å². The van der Waals surface area contributed by atoms with Gasteiger partial charge in [0.1, 0.15) is 6.61 Å². The molecule has 35 heavy (non-hydrogen) atoms. The van der Waals surface area contributed by atoms with Gasteiger partial charge in [0.15, 0.2) is 0 Å². The van der Waals surface area contributed by atoms with E-state index in [0.717, 1.165) is 0 Å². The van der Waals surface area contributed by atoms with Gasteiger partial charge in [0.25, 0.3) is 0 Å². The highest BCUT2D eigenvalue weighted by Gasteiger charge is 2.39. The van der Waals surface area contributed by atoms with E-state index in [1.54, 1.807) is 13.8 Å². The van der Waals surface area contributed by atoms with Crippen molar-refractivity contribution in [3.63, 3.8) is 0 Å². The van der Waals surface area contributed by atoms with Crippen molar-refractivity contribution in [2.75, 3.05) is 13.2 Å². The van der Waals surface area contributed by atoms with Gasteiger partial charge in [-0.25, -0.2) is 4.79 Å². The van der Waals surface area contributed by atoms with Crippen LogP contribution < -0.4 is 10.6 Å². The van der Waals surface area contributed by atoms with Crippen LogP contribution in [0.15, 0.2) is 48.5 Å². The van der Waals surface area contributed by atoms with Crippen LogP contribution in [-0.2, 0) is 14.3 Å². The van der Waals surface area contributed by atoms with Gasteiger partial charge < -0.3 is 20.5 Å². The second kappa shape index (κ2) is 11.4. The molecule has 0 radical (unpaired) electrons. The van der Waals surface area contributed by atoms with Crippen LogP contribution in [0.5, 0.6) is 0 Å². The summed E-state index contributed by atoms with van der Waals surface area (Å²) in [6, 6.07) is 15.9. The van der Waals surface area contributed by atoms with Crippen LogP contribution in [0.25, 0.3) is 11.1 Å². The molecule has 7 heteroatoms. The maximum Gasteiger partial charge on any atom is 0.407 e. The van der Waals surface area contributed by atoms with Gasteiger partial charge in [0.2, 0.25) is 5.91 Å². The first kappa shape index (κ1) is 26.3. The number of alkyl carbamates (subject to hydrolysis) is 1. The molecule has 0 heterocycles. The topological polar surface area (TPSA) is 105 Å². The average Bonchev–Trinajstić information content (AvgIpc) is 3.14. The Balaban J connectivity index is 1.39. The Labute approximate surface area is 207 Å². The molecule has 0 spiro atoms. The molecule has 0 bridgehead atoms. The van der Waals surface area contributed by atoms with Gasteiger partial charge in [-0.15, -0.1) is 0 Å². The number of hydrogen-bond acceptors (Lipinski definition) is 4. The van der Waals surface area contributed by atoms with Crippen molar-refractivity contribution < 1.29 is 24.2 Å². The van der Waals surface area contributed by atoms with E-state index >= 15 is 0 Å². The zero-order chi connectivity index (χ0) is 25.6. The maximum absolute atomic E-state index is 12.4. The number of aliphatic carboxylic acids is 1. The highest BCUT2D eigenvalue weighted by molar-refractivity contribution is 5.80. The number of carbonyl (C=O) groups is 3. The van der Waals surface area contributed by atoms with Crippen molar-refractivity contribution in [3.05, 3.63) is 59.7 Å². The number of rotatable bonds is 11. The molecule has 0 fully saturated rings.